The normalized spacial score (nSPS) is 22.2. The van der Waals surface area contributed by atoms with E-state index in [1.165, 1.54) is 0 Å². The van der Waals surface area contributed by atoms with Crippen LogP contribution in [0.5, 0.6) is 0 Å². The molecule has 2 aromatic carbocycles. The topological polar surface area (TPSA) is 124 Å². The van der Waals surface area contributed by atoms with Gasteiger partial charge >= 0.3 is 0 Å². The number of para-hydroxylation sites is 1. The van der Waals surface area contributed by atoms with Crippen LogP contribution >= 0.6 is 0 Å². The standard InChI is InChI=1S/C29H33N3O7/c1-31-23(18-26(35)32(31)21-8-3-2-4-9-21)20-16-25(39-27(17-20)38-14-13-37-12-11-33)29(36)30-28-22-10-6-5-7-19(22)15-24(28)34/h2-10,16,18,20,24,27-28,33-34H,11-15,17H2,1H3,(H,30,36)/t20-,24+,27+,28-/m0/s1. The molecule has 0 radical (unpaired) electrons. The molecule has 0 saturated carbocycles. The average Bonchev–Trinajstić information content (AvgIpc) is 3.43. The van der Waals surface area contributed by atoms with Crippen LogP contribution in [0.4, 0.5) is 0 Å². The molecule has 4 atom stereocenters. The molecular formula is C29H33N3O7. The summed E-state index contributed by atoms with van der Waals surface area (Å²) in [6, 6.07) is 18.0. The molecule has 0 unspecified atom stereocenters. The van der Waals surface area contributed by atoms with E-state index in [9.17, 15) is 14.7 Å². The number of ether oxygens (including phenoxy) is 3. The van der Waals surface area contributed by atoms with Gasteiger partial charge in [0.05, 0.1) is 44.3 Å². The second-order valence-electron chi connectivity index (χ2n) is 9.63. The van der Waals surface area contributed by atoms with Crippen molar-refractivity contribution < 1.29 is 29.2 Å². The van der Waals surface area contributed by atoms with E-state index >= 15 is 0 Å². The Morgan fingerprint density at radius 3 is 2.67 bits per heavy atom. The third-order valence-electron chi connectivity index (χ3n) is 7.07. The molecular weight excluding hydrogens is 502 g/mol. The minimum atomic E-state index is -0.769. The van der Waals surface area contributed by atoms with Crippen molar-refractivity contribution in [3.05, 3.63) is 99.7 Å². The number of rotatable bonds is 10. The highest BCUT2D eigenvalue weighted by atomic mass is 16.7. The summed E-state index contributed by atoms with van der Waals surface area (Å²) in [5.74, 6) is -0.770. The van der Waals surface area contributed by atoms with E-state index in [2.05, 4.69) is 5.32 Å². The van der Waals surface area contributed by atoms with Crippen LogP contribution < -0.4 is 10.9 Å². The minimum Gasteiger partial charge on any atom is -0.459 e. The summed E-state index contributed by atoms with van der Waals surface area (Å²) in [5, 5.41) is 22.5. The Bertz CT molecular complexity index is 1380. The number of carbonyl (C=O) groups excluding carboxylic acids is 1. The Labute approximate surface area is 226 Å². The highest BCUT2D eigenvalue weighted by Gasteiger charge is 2.35. The van der Waals surface area contributed by atoms with Crippen LogP contribution in [-0.2, 0) is 32.5 Å². The molecule has 0 bridgehead atoms. The van der Waals surface area contributed by atoms with E-state index in [0.717, 1.165) is 16.8 Å². The molecule has 39 heavy (non-hydrogen) atoms. The van der Waals surface area contributed by atoms with Gasteiger partial charge in [-0.3, -0.25) is 14.3 Å². The number of carbonyl (C=O) groups is 1. The van der Waals surface area contributed by atoms with Crippen molar-refractivity contribution >= 4 is 5.91 Å². The molecule has 0 saturated heterocycles. The quantitative estimate of drug-likeness (QED) is 0.338. The summed E-state index contributed by atoms with van der Waals surface area (Å²) in [6.07, 6.45) is 1.02. The van der Waals surface area contributed by atoms with Crippen molar-refractivity contribution in [1.29, 1.82) is 0 Å². The van der Waals surface area contributed by atoms with Gasteiger partial charge in [-0.2, -0.15) is 0 Å². The molecule has 5 rings (SSSR count). The maximum Gasteiger partial charge on any atom is 0.286 e. The average molecular weight is 536 g/mol. The van der Waals surface area contributed by atoms with Crippen molar-refractivity contribution in [3.63, 3.8) is 0 Å². The Balaban J connectivity index is 1.40. The van der Waals surface area contributed by atoms with Crippen LogP contribution in [-0.4, -0.2) is 64.3 Å². The molecule has 1 aliphatic carbocycles. The van der Waals surface area contributed by atoms with Crippen molar-refractivity contribution in [3.8, 4) is 5.69 Å². The fraction of sp³-hybridized carbons (Fsp3) is 0.379. The van der Waals surface area contributed by atoms with E-state index in [0.29, 0.717) is 18.5 Å². The van der Waals surface area contributed by atoms with Crippen LogP contribution in [0.1, 0.15) is 35.2 Å². The first kappa shape index (κ1) is 26.9. The Hall–Kier alpha value is -3.70. The van der Waals surface area contributed by atoms with Crippen LogP contribution in [0.2, 0.25) is 0 Å². The van der Waals surface area contributed by atoms with Crippen LogP contribution in [0.25, 0.3) is 5.69 Å². The van der Waals surface area contributed by atoms with Gasteiger partial charge in [0.1, 0.15) is 0 Å². The number of hydrogen-bond donors (Lipinski definition) is 3. The van der Waals surface area contributed by atoms with Gasteiger partial charge in [-0.25, -0.2) is 4.68 Å². The molecule has 3 aromatic rings. The maximum atomic E-state index is 13.4. The zero-order chi connectivity index (χ0) is 27.4. The molecule has 206 valence electrons. The number of aliphatic hydroxyl groups excluding tert-OH is 2. The van der Waals surface area contributed by atoms with E-state index < -0.39 is 24.3 Å². The van der Waals surface area contributed by atoms with Gasteiger partial charge in [0, 0.05) is 37.6 Å². The largest absolute Gasteiger partial charge is 0.459 e. The molecule has 3 N–H and O–H groups in total. The molecule has 10 heteroatoms. The third-order valence-corrected chi connectivity index (χ3v) is 7.07. The SMILES string of the molecule is Cn1c([C@H]2C=C(C(=O)N[C@H]3c4ccccc4C[C@H]3O)O[C@@H](OCCOCCO)C2)cc(=O)n1-c1ccccc1. The molecule has 0 spiro atoms. The van der Waals surface area contributed by atoms with Gasteiger partial charge in [0.15, 0.2) is 5.76 Å². The molecule has 1 aromatic heterocycles. The first-order valence-electron chi connectivity index (χ1n) is 13.1. The highest BCUT2D eigenvalue weighted by Crippen LogP contribution is 2.34. The highest BCUT2D eigenvalue weighted by molar-refractivity contribution is 5.92. The van der Waals surface area contributed by atoms with Gasteiger partial charge in [0.2, 0.25) is 6.29 Å². The second-order valence-corrected chi connectivity index (χ2v) is 9.63. The van der Waals surface area contributed by atoms with Gasteiger partial charge in [-0.1, -0.05) is 42.5 Å². The zero-order valence-corrected chi connectivity index (χ0v) is 21.7. The first-order chi connectivity index (χ1) is 19.0. The van der Waals surface area contributed by atoms with Gasteiger partial charge in [-0.05, 0) is 29.3 Å². The first-order valence-corrected chi connectivity index (χ1v) is 13.1. The fourth-order valence-corrected chi connectivity index (χ4v) is 5.25. The van der Waals surface area contributed by atoms with Gasteiger partial charge in [-0.15, -0.1) is 0 Å². The lowest BCUT2D eigenvalue weighted by Gasteiger charge is -2.30. The van der Waals surface area contributed by atoms with E-state index in [1.54, 1.807) is 28.6 Å². The summed E-state index contributed by atoms with van der Waals surface area (Å²) in [4.78, 5) is 26.4. The number of amides is 1. The predicted molar refractivity (Wildman–Crippen MR) is 142 cm³/mol. The van der Waals surface area contributed by atoms with Crippen molar-refractivity contribution in [2.75, 3.05) is 26.4 Å². The molecule has 1 amide bonds. The molecule has 1 aliphatic heterocycles. The van der Waals surface area contributed by atoms with E-state index in [4.69, 9.17) is 19.3 Å². The van der Waals surface area contributed by atoms with Crippen molar-refractivity contribution in [1.82, 2.24) is 14.7 Å². The summed E-state index contributed by atoms with van der Waals surface area (Å²) in [6.45, 7) is 0.568. The van der Waals surface area contributed by atoms with Gasteiger partial charge < -0.3 is 29.7 Å². The monoisotopic (exact) mass is 535 g/mol. The van der Waals surface area contributed by atoms with E-state index in [-0.39, 0.29) is 43.7 Å². The number of aromatic nitrogens is 2. The fourth-order valence-electron chi connectivity index (χ4n) is 5.25. The molecule has 2 aliphatic rings. The molecule has 2 heterocycles. The molecule has 0 fully saturated rings. The third kappa shape index (κ3) is 5.84. The summed E-state index contributed by atoms with van der Waals surface area (Å²) in [5.41, 5.74) is 3.11. The van der Waals surface area contributed by atoms with Crippen LogP contribution in [0.3, 0.4) is 0 Å². The number of hydrogen-bond acceptors (Lipinski definition) is 7. The van der Waals surface area contributed by atoms with Crippen molar-refractivity contribution in [2.45, 2.75) is 37.2 Å². The van der Waals surface area contributed by atoms with Crippen LogP contribution in [0, 0.1) is 0 Å². The summed E-state index contributed by atoms with van der Waals surface area (Å²) < 4.78 is 20.5. The lowest BCUT2D eigenvalue weighted by atomic mass is 9.97. The Morgan fingerprint density at radius 2 is 1.87 bits per heavy atom. The van der Waals surface area contributed by atoms with Crippen LogP contribution in [0.15, 0.2) is 77.3 Å². The zero-order valence-electron chi connectivity index (χ0n) is 21.7. The van der Waals surface area contributed by atoms with E-state index in [1.807, 2.05) is 54.6 Å². The number of fused-ring (bicyclic) bond motifs is 1. The Kier molecular flexibility index (Phi) is 8.27. The smallest absolute Gasteiger partial charge is 0.286 e. The number of allylic oxidation sites excluding steroid dienone is 1. The number of aliphatic hydroxyl groups is 2. The van der Waals surface area contributed by atoms with Crippen molar-refractivity contribution in [2.24, 2.45) is 7.05 Å². The maximum absolute atomic E-state index is 13.4. The number of nitrogens with zero attached hydrogens (tertiary/aromatic N) is 2. The number of nitrogens with one attached hydrogen (secondary N) is 1. The summed E-state index contributed by atoms with van der Waals surface area (Å²) in [7, 11) is 1.80. The minimum absolute atomic E-state index is 0.0593. The Morgan fingerprint density at radius 1 is 1.10 bits per heavy atom. The predicted octanol–water partition coefficient (Wildman–Crippen LogP) is 1.69. The lowest BCUT2D eigenvalue weighted by molar-refractivity contribution is -0.152. The molecule has 10 nitrogen and oxygen atoms in total. The second kappa shape index (κ2) is 12.0. The van der Waals surface area contributed by atoms with Gasteiger partial charge in [0.25, 0.3) is 11.5 Å². The number of benzene rings is 2. The lowest BCUT2D eigenvalue weighted by Crippen LogP contribution is -2.38. The summed E-state index contributed by atoms with van der Waals surface area (Å²) >= 11 is 0.